The van der Waals surface area contributed by atoms with E-state index in [0.29, 0.717) is 0 Å². The van der Waals surface area contributed by atoms with Gasteiger partial charge < -0.3 is 10.1 Å². The van der Waals surface area contributed by atoms with E-state index in [1.54, 1.807) is 0 Å². The number of anilines is 1. The highest BCUT2D eigenvalue weighted by Crippen LogP contribution is 2.18. The van der Waals surface area contributed by atoms with Crippen molar-refractivity contribution >= 4 is 29.3 Å². The Labute approximate surface area is 123 Å². The molecule has 0 radical (unpaired) electrons. The predicted molar refractivity (Wildman–Crippen MR) is 72.7 cm³/mol. The van der Waals surface area contributed by atoms with Crippen LogP contribution in [0.5, 0.6) is 0 Å². The molecule has 0 fully saturated rings. The summed E-state index contributed by atoms with van der Waals surface area (Å²) >= 11 is 5.82. The first-order valence-corrected chi connectivity index (χ1v) is 6.06. The number of esters is 1. The van der Waals surface area contributed by atoms with Gasteiger partial charge in [-0.2, -0.15) is 0 Å². The van der Waals surface area contributed by atoms with Gasteiger partial charge in [-0.1, -0.05) is 11.6 Å². The van der Waals surface area contributed by atoms with Crippen LogP contribution in [0.4, 0.5) is 10.2 Å². The Morgan fingerprint density at radius 1 is 1.29 bits per heavy atom. The van der Waals surface area contributed by atoms with Gasteiger partial charge in [-0.3, -0.25) is 4.79 Å². The maximum atomic E-state index is 13.1. The Balaban J connectivity index is 2.16. The number of nitrogens with one attached hydrogen (secondary N) is 1. The molecule has 1 N–H and O–H groups in total. The molecular formula is C13H9ClFN3O3. The van der Waals surface area contributed by atoms with Crippen molar-refractivity contribution in [1.82, 2.24) is 9.97 Å². The van der Waals surface area contributed by atoms with E-state index in [0.717, 1.165) is 18.3 Å². The Morgan fingerprint density at radius 2 is 2.05 bits per heavy atom. The lowest BCUT2D eigenvalue weighted by atomic mass is 10.2. The Kier molecular flexibility index (Phi) is 4.44. The molecule has 0 spiro atoms. The number of aromatic nitrogens is 2. The first kappa shape index (κ1) is 14.9. The second-order valence-electron chi connectivity index (χ2n) is 3.86. The number of nitrogens with zero attached hydrogens (tertiary/aromatic N) is 2. The van der Waals surface area contributed by atoms with Crippen LogP contribution in [-0.2, 0) is 4.74 Å². The van der Waals surface area contributed by atoms with E-state index in [-0.39, 0.29) is 22.1 Å². The number of carbonyl (C=O) groups excluding carboxylic acids is 2. The van der Waals surface area contributed by atoms with Crippen LogP contribution in [0, 0.1) is 5.82 Å². The van der Waals surface area contributed by atoms with Gasteiger partial charge in [-0.25, -0.2) is 19.2 Å². The molecule has 1 aromatic carbocycles. The fourth-order valence-corrected chi connectivity index (χ4v) is 1.66. The monoisotopic (exact) mass is 309 g/mol. The molecule has 0 bridgehead atoms. The van der Waals surface area contributed by atoms with Gasteiger partial charge in [0.2, 0.25) is 0 Å². The van der Waals surface area contributed by atoms with Crippen molar-refractivity contribution in [2.75, 3.05) is 12.4 Å². The molecule has 0 atom stereocenters. The average Bonchev–Trinajstić information content (AvgIpc) is 2.49. The van der Waals surface area contributed by atoms with Gasteiger partial charge >= 0.3 is 5.97 Å². The third-order valence-electron chi connectivity index (χ3n) is 2.46. The molecule has 0 aliphatic carbocycles. The smallest absolute Gasteiger partial charge is 0.358 e. The van der Waals surface area contributed by atoms with Crippen molar-refractivity contribution in [2.45, 2.75) is 0 Å². The Hall–Kier alpha value is -2.54. The van der Waals surface area contributed by atoms with Crippen LogP contribution in [0.1, 0.15) is 20.8 Å². The minimum atomic E-state index is -0.645. The Bertz CT molecular complexity index is 692. The number of carbonyl (C=O) groups is 2. The third-order valence-corrected chi connectivity index (χ3v) is 2.79. The number of ether oxygens (including phenoxy) is 1. The molecule has 0 saturated heterocycles. The second-order valence-corrected chi connectivity index (χ2v) is 4.26. The summed E-state index contributed by atoms with van der Waals surface area (Å²) in [4.78, 5) is 30.7. The third kappa shape index (κ3) is 3.51. The molecule has 108 valence electrons. The van der Waals surface area contributed by atoms with Crippen molar-refractivity contribution in [2.24, 2.45) is 0 Å². The molecule has 6 nitrogen and oxygen atoms in total. The first-order valence-electron chi connectivity index (χ1n) is 5.68. The van der Waals surface area contributed by atoms with Crippen LogP contribution >= 0.6 is 11.6 Å². The highest BCUT2D eigenvalue weighted by Gasteiger charge is 2.13. The molecular weight excluding hydrogens is 301 g/mol. The molecule has 1 heterocycles. The number of rotatable bonds is 3. The number of hydrogen-bond donors (Lipinski definition) is 1. The second kappa shape index (κ2) is 6.27. The number of methoxy groups -OCH3 is 1. The quantitative estimate of drug-likeness (QED) is 0.880. The van der Waals surface area contributed by atoms with Crippen molar-refractivity contribution in [3.8, 4) is 0 Å². The van der Waals surface area contributed by atoms with Gasteiger partial charge in [0.25, 0.3) is 5.91 Å². The minimum Gasteiger partial charge on any atom is -0.464 e. The lowest BCUT2D eigenvalue weighted by Crippen LogP contribution is -2.15. The Morgan fingerprint density at radius 3 is 2.67 bits per heavy atom. The summed E-state index contributed by atoms with van der Waals surface area (Å²) in [5.41, 5.74) is -0.0326. The molecule has 0 aliphatic rings. The van der Waals surface area contributed by atoms with E-state index in [1.807, 2.05) is 0 Å². The van der Waals surface area contributed by atoms with E-state index in [1.165, 1.54) is 19.4 Å². The number of hydrogen-bond acceptors (Lipinski definition) is 5. The molecule has 2 rings (SSSR count). The van der Waals surface area contributed by atoms with Crippen LogP contribution in [0.3, 0.4) is 0 Å². The normalized spacial score (nSPS) is 10.0. The fourth-order valence-electron chi connectivity index (χ4n) is 1.46. The van der Waals surface area contributed by atoms with Crippen LogP contribution in [0.2, 0.25) is 5.02 Å². The highest BCUT2D eigenvalue weighted by atomic mass is 35.5. The van der Waals surface area contributed by atoms with Gasteiger partial charge in [0.05, 0.1) is 30.1 Å². The zero-order valence-electron chi connectivity index (χ0n) is 10.8. The zero-order valence-corrected chi connectivity index (χ0v) is 11.5. The summed E-state index contributed by atoms with van der Waals surface area (Å²) in [6, 6.07) is 3.43. The molecule has 1 amide bonds. The molecule has 2 aromatic rings. The maximum Gasteiger partial charge on any atom is 0.358 e. The minimum absolute atomic E-state index is 0.000660. The maximum absolute atomic E-state index is 13.1. The van der Waals surface area contributed by atoms with Crippen LogP contribution in [-0.4, -0.2) is 29.0 Å². The standard InChI is InChI=1S/C13H9ClFN3O3/c1-21-13(20)10-5-17-11(6-16-10)18-12(19)8-4-7(15)2-3-9(8)14/h2-6H,1H3,(H,17,18,19). The molecule has 0 saturated carbocycles. The van der Waals surface area contributed by atoms with Gasteiger partial charge in [0.1, 0.15) is 5.82 Å². The van der Waals surface area contributed by atoms with Crippen LogP contribution < -0.4 is 5.32 Å². The van der Waals surface area contributed by atoms with Crippen molar-refractivity contribution in [3.63, 3.8) is 0 Å². The summed E-state index contributed by atoms with van der Waals surface area (Å²) in [6.45, 7) is 0. The van der Waals surface area contributed by atoms with Gasteiger partial charge in [-0.15, -0.1) is 0 Å². The number of benzene rings is 1. The predicted octanol–water partition coefficient (Wildman–Crippen LogP) is 2.31. The van der Waals surface area contributed by atoms with Gasteiger partial charge in [0, 0.05) is 0 Å². The first-order chi connectivity index (χ1) is 10.0. The molecule has 8 heteroatoms. The zero-order chi connectivity index (χ0) is 15.4. The van der Waals surface area contributed by atoms with Crippen molar-refractivity contribution in [1.29, 1.82) is 0 Å². The van der Waals surface area contributed by atoms with Gasteiger partial charge in [-0.05, 0) is 18.2 Å². The van der Waals surface area contributed by atoms with Gasteiger partial charge in [0.15, 0.2) is 11.5 Å². The fraction of sp³-hybridized carbons (Fsp3) is 0.0769. The highest BCUT2D eigenvalue weighted by molar-refractivity contribution is 6.34. The lowest BCUT2D eigenvalue weighted by molar-refractivity contribution is 0.0593. The average molecular weight is 310 g/mol. The van der Waals surface area contributed by atoms with E-state index in [4.69, 9.17) is 11.6 Å². The van der Waals surface area contributed by atoms with Crippen LogP contribution in [0.25, 0.3) is 0 Å². The molecule has 21 heavy (non-hydrogen) atoms. The summed E-state index contributed by atoms with van der Waals surface area (Å²) in [5.74, 6) is -1.78. The lowest BCUT2D eigenvalue weighted by Gasteiger charge is -2.06. The van der Waals surface area contributed by atoms with E-state index >= 15 is 0 Å². The molecule has 0 aliphatic heterocycles. The summed E-state index contributed by atoms with van der Waals surface area (Å²) in [6.07, 6.45) is 2.33. The molecule has 1 aromatic heterocycles. The van der Waals surface area contributed by atoms with Crippen molar-refractivity contribution in [3.05, 3.63) is 52.7 Å². The van der Waals surface area contributed by atoms with E-state index in [2.05, 4.69) is 20.0 Å². The SMILES string of the molecule is COC(=O)c1cnc(NC(=O)c2cc(F)ccc2Cl)cn1. The number of halogens is 2. The topological polar surface area (TPSA) is 81.2 Å². The summed E-state index contributed by atoms with van der Waals surface area (Å²) < 4.78 is 17.6. The summed E-state index contributed by atoms with van der Waals surface area (Å²) in [5, 5.41) is 2.50. The largest absolute Gasteiger partial charge is 0.464 e. The van der Waals surface area contributed by atoms with E-state index < -0.39 is 17.7 Å². The van der Waals surface area contributed by atoms with E-state index in [9.17, 15) is 14.0 Å². The van der Waals surface area contributed by atoms with Crippen LogP contribution in [0.15, 0.2) is 30.6 Å². The summed E-state index contributed by atoms with van der Waals surface area (Å²) in [7, 11) is 1.21. The van der Waals surface area contributed by atoms with Crippen molar-refractivity contribution < 1.29 is 18.7 Å². The molecule has 0 unspecified atom stereocenters. The number of amides is 1.